The van der Waals surface area contributed by atoms with Crippen molar-refractivity contribution in [3.05, 3.63) is 56.3 Å². The molecule has 1 aliphatic heterocycles. The number of carbonyl (C=O) groups is 2. The second kappa shape index (κ2) is 5.80. The molecule has 1 aliphatic carbocycles. The lowest BCUT2D eigenvalue weighted by Gasteiger charge is -2.34. The van der Waals surface area contributed by atoms with Crippen LogP contribution in [0.3, 0.4) is 0 Å². The lowest BCUT2D eigenvalue weighted by Crippen LogP contribution is -2.46. The van der Waals surface area contributed by atoms with Gasteiger partial charge in [-0.15, -0.1) is 0 Å². The molecule has 1 spiro atoms. The summed E-state index contributed by atoms with van der Waals surface area (Å²) in [6.45, 7) is 0.499. The molecule has 1 fully saturated rings. The van der Waals surface area contributed by atoms with E-state index < -0.39 is 0 Å². The Hall–Kier alpha value is -2.48. The van der Waals surface area contributed by atoms with E-state index in [9.17, 15) is 14.4 Å². The maximum atomic E-state index is 12.7. The highest BCUT2D eigenvalue weighted by Crippen LogP contribution is 2.52. The Kier molecular flexibility index (Phi) is 3.72. The SMILES string of the molecule is O=C(CN1CC2(CC2)c2cc(Br)ccc2C1=O)Nc1ccc(=O)[nH]n1. The molecule has 25 heavy (non-hydrogen) atoms. The van der Waals surface area contributed by atoms with Gasteiger partial charge in [-0.2, -0.15) is 5.10 Å². The number of H-pyrrole nitrogens is 1. The largest absolute Gasteiger partial charge is 0.328 e. The van der Waals surface area contributed by atoms with Crippen molar-refractivity contribution in [3.63, 3.8) is 0 Å². The van der Waals surface area contributed by atoms with Crippen molar-refractivity contribution < 1.29 is 9.59 Å². The molecule has 1 aromatic carbocycles. The smallest absolute Gasteiger partial charge is 0.264 e. The zero-order valence-corrected chi connectivity index (χ0v) is 14.8. The third kappa shape index (κ3) is 2.97. The fourth-order valence-corrected chi connectivity index (χ4v) is 3.67. The number of hydrogen-bond donors (Lipinski definition) is 2. The highest BCUT2D eigenvalue weighted by Gasteiger charge is 2.51. The first-order chi connectivity index (χ1) is 12.0. The summed E-state index contributed by atoms with van der Waals surface area (Å²) in [7, 11) is 0. The summed E-state index contributed by atoms with van der Waals surface area (Å²) >= 11 is 3.47. The van der Waals surface area contributed by atoms with Crippen molar-refractivity contribution in [1.29, 1.82) is 0 Å². The van der Waals surface area contributed by atoms with E-state index in [0.717, 1.165) is 22.9 Å². The molecular weight excluding hydrogens is 388 g/mol. The predicted octanol–water partition coefficient (Wildman–Crippen LogP) is 1.66. The van der Waals surface area contributed by atoms with Gasteiger partial charge in [0.1, 0.15) is 6.54 Å². The summed E-state index contributed by atoms with van der Waals surface area (Å²) in [6.07, 6.45) is 2.03. The molecule has 4 rings (SSSR count). The number of amides is 2. The zero-order valence-electron chi connectivity index (χ0n) is 13.2. The quantitative estimate of drug-likeness (QED) is 0.815. The zero-order chi connectivity index (χ0) is 17.6. The summed E-state index contributed by atoms with van der Waals surface area (Å²) in [5, 5.41) is 8.59. The number of aromatic nitrogens is 2. The molecule has 2 amide bonds. The van der Waals surface area contributed by atoms with Crippen LogP contribution in [0.4, 0.5) is 5.82 Å². The molecule has 2 heterocycles. The number of benzene rings is 1. The van der Waals surface area contributed by atoms with Gasteiger partial charge in [0.05, 0.1) is 0 Å². The average molecular weight is 403 g/mol. The molecule has 0 saturated heterocycles. The number of fused-ring (bicyclic) bond motifs is 2. The van der Waals surface area contributed by atoms with Gasteiger partial charge >= 0.3 is 0 Å². The van der Waals surface area contributed by atoms with Crippen LogP contribution >= 0.6 is 15.9 Å². The first-order valence-electron chi connectivity index (χ1n) is 7.92. The number of halogens is 1. The fourth-order valence-electron chi connectivity index (χ4n) is 3.31. The Morgan fingerprint density at radius 1 is 1.28 bits per heavy atom. The second-order valence-electron chi connectivity index (χ2n) is 6.49. The number of hydrogen-bond acceptors (Lipinski definition) is 4. The van der Waals surface area contributed by atoms with Crippen LogP contribution in [0, 0.1) is 0 Å². The minimum Gasteiger partial charge on any atom is -0.328 e. The summed E-state index contributed by atoms with van der Waals surface area (Å²) in [4.78, 5) is 37.6. The van der Waals surface area contributed by atoms with Crippen LogP contribution in [0.25, 0.3) is 0 Å². The number of nitrogens with one attached hydrogen (secondary N) is 2. The van der Waals surface area contributed by atoms with E-state index in [1.807, 2.05) is 18.2 Å². The molecule has 128 valence electrons. The van der Waals surface area contributed by atoms with Gasteiger partial charge in [0, 0.05) is 28.1 Å². The van der Waals surface area contributed by atoms with Crippen LogP contribution in [-0.4, -0.2) is 40.0 Å². The Morgan fingerprint density at radius 2 is 2.08 bits per heavy atom. The third-order valence-corrected chi connectivity index (χ3v) is 5.19. The first kappa shape index (κ1) is 16.0. The van der Waals surface area contributed by atoms with E-state index in [4.69, 9.17) is 0 Å². The van der Waals surface area contributed by atoms with Gasteiger partial charge < -0.3 is 10.2 Å². The minimum atomic E-state index is -0.345. The molecule has 0 unspecified atom stereocenters. The molecule has 2 N–H and O–H groups in total. The van der Waals surface area contributed by atoms with E-state index in [-0.39, 0.29) is 35.2 Å². The molecule has 0 radical (unpaired) electrons. The Bertz CT molecular complexity index is 915. The highest BCUT2D eigenvalue weighted by molar-refractivity contribution is 9.10. The summed E-state index contributed by atoms with van der Waals surface area (Å²) in [6, 6.07) is 8.38. The lowest BCUT2D eigenvalue weighted by atomic mass is 9.86. The molecule has 0 bridgehead atoms. The van der Waals surface area contributed by atoms with Gasteiger partial charge in [-0.25, -0.2) is 5.10 Å². The molecule has 1 aromatic heterocycles. The first-order valence-corrected chi connectivity index (χ1v) is 8.71. The molecule has 2 aromatic rings. The third-order valence-electron chi connectivity index (χ3n) is 4.70. The summed E-state index contributed by atoms with van der Waals surface area (Å²) < 4.78 is 0.959. The van der Waals surface area contributed by atoms with Gasteiger partial charge in [-0.05, 0) is 42.7 Å². The van der Waals surface area contributed by atoms with Crippen molar-refractivity contribution in [2.45, 2.75) is 18.3 Å². The van der Waals surface area contributed by atoms with Gasteiger partial charge in [-0.1, -0.05) is 15.9 Å². The molecule has 1 saturated carbocycles. The second-order valence-corrected chi connectivity index (χ2v) is 7.40. The van der Waals surface area contributed by atoms with Gasteiger partial charge in [-0.3, -0.25) is 14.4 Å². The van der Waals surface area contributed by atoms with Gasteiger partial charge in [0.25, 0.3) is 11.5 Å². The van der Waals surface area contributed by atoms with Crippen LogP contribution in [0.5, 0.6) is 0 Å². The average Bonchev–Trinajstić information content (AvgIpc) is 3.35. The monoisotopic (exact) mass is 402 g/mol. The van der Waals surface area contributed by atoms with E-state index in [2.05, 4.69) is 31.4 Å². The molecular formula is C17H15BrN4O3. The van der Waals surface area contributed by atoms with E-state index in [0.29, 0.717) is 12.1 Å². The Balaban J connectivity index is 1.53. The van der Waals surface area contributed by atoms with Crippen molar-refractivity contribution >= 4 is 33.6 Å². The molecule has 2 aliphatic rings. The van der Waals surface area contributed by atoms with Crippen LogP contribution in [0.2, 0.25) is 0 Å². The molecule has 8 heteroatoms. The van der Waals surface area contributed by atoms with E-state index in [1.165, 1.54) is 12.1 Å². The number of anilines is 1. The lowest BCUT2D eigenvalue weighted by molar-refractivity contribution is -0.117. The fraction of sp³-hybridized carbons (Fsp3) is 0.294. The van der Waals surface area contributed by atoms with Crippen LogP contribution < -0.4 is 10.9 Å². The van der Waals surface area contributed by atoms with Crippen molar-refractivity contribution in [1.82, 2.24) is 15.1 Å². The predicted molar refractivity (Wildman–Crippen MR) is 94.4 cm³/mol. The number of aromatic amines is 1. The maximum absolute atomic E-state index is 12.7. The van der Waals surface area contributed by atoms with Crippen molar-refractivity contribution in [2.24, 2.45) is 0 Å². The topological polar surface area (TPSA) is 95.2 Å². The van der Waals surface area contributed by atoms with Gasteiger partial charge in [0.15, 0.2) is 5.82 Å². The van der Waals surface area contributed by atoms with Crippen LogP contribution in [0.1, 0.15) is 28.8 Å². The van der Waals surface area contributed by atoms with Crippen LogP contribution in [-0.2, 0) is 10.2 Å². The normalized spacial score (nSPS) is 17.3. The number of rotatable bonds is 3. The standard InChI is InChI=1S/C17H15BrN4O3/c18-10-1-2-11-12(7-10)17(5-6-17)9-22(16(11)25)8-15(24)19-13-3-4-14(23)21-20-13/h1-4,7H,5-6,8-9H2,(H,21,23)(H,19,20,24). The summed E-state index contributed by atoms with van der Waals surface area (Å²) in [5.41, 5.74) is 1.37. The van der Waals surface area contributed by atoms with Crippen molar-refractivity contribution in [3.8, 4) is 0 Å². The Labute approximate surface area is 151 Å². The molecule has 7 nitrogen and oxygen atoms in total. The molecule has 0 atom stereocenters. The summed E-state index contributed by atoms with van der Waals surface area (Å²) in [5.74, 6) is -0.228. The number of carbonyl (C=O) groups excluding carboxylic acids is 2. The number of nitrogens with zero attached hydrogens (tertiary/aromatic N) is 2. The van der Waals surface area contributed by atoms with Gasteiger partial charge in [0.2, 0.25) is 5.91 Å². The van der Waals surface area contributed by atoms with E-state index >= 15 is 0 Å². The highest BCUT2D eigenvalue weighted by atomic mass is 79.9. The minimum absolute atomic E-state index is 0.0243. The van der Waals surface area contributed by atoms with Crippen LogP contribution in [0.15, 0.2) is 39.6 Å². The van der Waals surface area contributed by atoms with Crippen molar-refractivity contribution in [2.75, 3.05) is 18.4 Å². The van der Waals surface area contributed by atoms with E-state index in [1.54, 1.807) is 4.90 Å². The Morgan fingerprint density at radius 3 is 2.76 bits per heavy atom. The maximum Gasteiger partial charge on any atom is 0.264 e.